The second-order valence-electron chi connectivity index (χ2n) is 25.0. The lowest BCUT2D eigenvalue weighted by Crippen LogP contribution is -2.16. The van der Waals surface area contributed by atoms with E-state index in [0.717, 1.165) is 78.7 Å². The zero-order valence-electron chi connectivity index (χ0n) is 50.4. The molecule has 0 radical (unpaired) electrons. The number of aliphatic hydroxyl groups excluding tert-OH is 1. The van der Waals surface area contributed by atoms with Crippen LogP contribution >= 0.6 is 0 Å². The summed E-state index contributed by atoms with van der Waals surface area (Å²) in [5.74, 6) is 0. The maximum Gasteiger partial charge on any atom is 0.0681 e. The van der Waals surface area contributed by atoms with E-state index in [1.54, 1.807) is 0 Å². The van der Waals surface area contributed by atoms with E-state index >= 15 is 0 Å². The molecular formula is C85H65N3O. The third kappa shape index (κ3) is 9.09. The highest BCUT2D eigenvalue weighted by molar-refractivity contribution is 6.12. The Kier molecular flexibility index (Phi) is 12.8. The number of nitrogens with zero attached hydrogens (tertiary/aromatic N) is 3. The van der Waals surface area contributed by atoms with Gasteiger partial charge in [0.15, 0.2) is 0 Å². The van der Waals surface area contributed by atoms with Crippen molar-refractivity contribution in [1.82, 2.24) is 4.57 Å². The summed E-state index contributed by atoms with van der Waals surface area (Å²) in [6.07, 6.45) is 0. The van der Waals surface area contributed by atoms with Gasteiger partial charge in [-0.1, -0.05) is 222 Å². The SMILES string of the molecule is CC1(C)c2ccccc2-c2ccc(N(c3ccc(-c4ccccc4)cc3)c3ccc(-c4ccc5c(c4)c4cc(-c6ccc(N(c7ccc(-c8ccccc8)cc7)c7ccc8c(c7)C(C)(C)c7ccccc7-8)cc6)ccc4n5-c4ccc(CO)cc4)cc3)cc21. The molecule has 89 heavy (non-hydrogen) atoms. The first-order valence-corrected chi connectivity index (χ1v) is 31.0. The van der Waals surface area contributed by atoms with Crippen molar-refractivity contribution in [2.24, 2.45) is 0 Å². The van der Waals surface area contributed by atoms with Crippen LogP contribution < -0.4 is 9.80 Å². The van der Waals surface area contributed by atoms with Crippen molar-refractivity contribution in [3.63, 3.8) is 0 Å². The summed E-state index contributed by atoms with van der Waals surface area (Å²) in [5, 5.41) is 12.4. The van der Waals surface area contributed by atoms with E-state index in [9.17, 15) is 5.11 Å². The van der Waals surface area contributed by atoms with Crippen LogP contribution in [-0.4, -0.2) is 9.67 Å². The molecule has 13 aromatic carbocycles. The average Bonchev–Trinajstić information content (AvgIpc) is 1.68. The topological polar surface area (TPSA) is 31.6 Å². The highest BCUT2D eigenvalue weighted by Gasteiger charge is 2.37. The molecule has 4 nitrogen and oxygen atoms in total. The first-order valence-electron chi connectivity index (χ1n) is 31.0. The minimum absolute atomic E-state index is 0.00504. The second-order valence-corrected chi connectivity index (χ2v) is 25.0. The lowest BCUT2D eigenvalue weighted by Gasteiger charge is -2.28. The Morgan fingerprint density at radius 3 is 0.978 bits per heavy atom. The van der Waals surface area contributed by atoms with Crippen LogP contribution in [0.1, 0.15) is 55.5 Å². The molecule has 4 heteroatoms. The van der Waals surface area contributed by atoms with Gasteiger partial charge in [-0.15, -0.1) is 0 Å². The Labute approximate surface area is 521 Å². The van der Waals surface area contributed by atoms with Crippen LogP contribution in [0.3, 0.4) is 0 Å². The zero-order valence-corrected chi connectivity index (χ0v) is 50.4. The lowest BCUT2D eigenvalue weighted by molar-refractivity contribution is 0.282. The van der Waals surface area contributed by atoms with E-state index in [0.29, 0.717) is 0 Å². The van der Waals surface area contributed by atoms with Crippen LogP contribution in [0.5, 0.6) is 0 Å². The van der Waals surface area contributed by atoms with Crippen LogP contribution in [0.25, 0.3) is 94.3 Å². The van der Waals surface area contributed by atoms with E-state index in [-0.39, 0.29) is 17.4 Å². The highest BCUT2D eigenvalue weighted by Crippen LogP contribution is 2.53. The highest BCUT2D eigenvalue weighted by atomic mass is 16.3. The number of fused-ring (bicyclic) bond motifs is 9. The summed E-state index contributed by atoms with van der Waals surface area (Å²) in [4.78, 5) is 4.80. The zero-order chi connectivity index (χ0) is 60.0. The third-order valence-electron chi connectivity index (χ3n) is 19.2. The van der Waals surface area contributed by atoms with Gasteiger partial charge in [0.05, 0.1) is 17.6 Å². The molecule has 0 amide bonds. The molecule has 426 valence electrons. The number of aromatic nitrogens is 1. The van der Waals surface area contributed by atoms with Crippen molar-refractivity contribution in [2.75, 3.05) is 9.80 Å². The molecule has 0 saturated heterocycles. The van der Waals surface area contributed by atoms with Gasteiger partial charge < -0.3 is 19.5 Å². The van der Waals surface area contributed by atoms with E-state index in [2.05, 4.69) is 333 Å². The van der Waals surface area contributed by atoms with Gasteiger partial charge in [-0.2, -0.15) is 0 Å². The van der Waals surface area contributed by atoms with E-state index in [1.807, 2.05) is 12.1 Å². The minimum Gasteiger partial charge on any atom is -0.392 e. The molecule has 16 rings (SSSR count). The molecular weight excluding hydrogens is 1080 g/mol. The van der Waals surface area contributed by atoms with Crippen LogP contribution in [0, 0.1) is 0 Å². The van der Waals surface area contributed by atoms with Gasteiger partial charge in [0, 0.05) is 61.4 Å². The molecule has 2 aliphatic rings. The molecule has 0 bridgehead atoms. The first-order chi connectivity index (χ1) is 43.6. The Balaban J connectivity index is 0.774. The minimum atomic E-state index is -0.139. The standard InChI is InChI=1S/C85H65N3O/c1-84(2)78-21-13-11-19-72(78)74-47-45-70(53-80(74)84)86(65-37-25-59(26-38-65)57-15-7-5-8-16-57)67-41-29-61(30-42-67)63-33-49-82-76(51-63)77-52-64(34-50-83(77)88(82)69-35-23-56(55-89)24-36-69)62-31-43-68(44-32-62)87(66-39-27-60(28-40-66)58-17-9-6-10-18-58)71-46-48-75-73-20-12-14-22-79(73)85(3,4)81(75)54-71/h5-54,89H,55H2,1-4H3. The molecule has 1 N–H and O–H groups in total. The first kappa shape index (κ1) is 53.7. The summed E-state index contributed by atoms with van der Waals surface area (Å²) in [7, 11) is 0. The Morgan fingerprint density at radius 2 is 0.596 bits per heavy atom. The van der Waals surface area contributed by atoms with Gasteiger partial charge in [0.1, 0.15) is 0 Å². The Bertz CT molecular complexity index is 4710. The predicted molar refractivity (Wildman–Crippen MR) is 373 cm³/mol. The Hall–Kier alpha value is -10.8. The number of anilines is 6. The number of benzene rings is 13. The Morgan fingerprint density at radius 1 is 0.281 bits per heavy atom. The lowest BCUT2D eigenvalue weighted by atomic mass is 9.82. The van der Waals surface area contributed by atoms with Crippen molar-refractivity contribution in [2.45, 2.75) is 45.1 Å². The maximum absolute atomic E-state index is 10.1. The molecule has 0 fully saturated rings. The van der Waals surface area contributed by atoms with E-state index < -0.39 is 0 Å². The summed E-state index contributed by atoms with van der Waals surface area (Å²) >= 11 is 0. The predicted octanol–water partition coefficient (Wildman–Crippen LogP) is 22.5. The fraction of sp³-hybridized carbons (Fsp3) is 0.0824. The summed E-state index contributed by atoms with van der Waals surface area (Å²) in [5.41, 5.74) is 30.5. The van der Waals surface area contributed by atoms with Gasteiger partial charge in [0.2, 0.25) is 0 Å². The van der Waals surface area contributed by atoms with Crippen molar-refractivity contribution in [3.8, 4) is 72.4 Å². The third-order valence-corrected chi connectivity index (χ3v) is 19.2. The van der Waals surface area contributed by atoms with Crippen molar-refractivity contribution >= 4 is 55.9 Å². The molecule has 0 unspecified atom stereocenters. The molecule has 0 saturated carbocycles. The van der Waals surface area contributed by atoms with Crippen LogP contribution in [0.15, 0.2) is 303 Å². The summed E-state index contributed by atoms with van der Waals surface area (Å²) in [6, 6.07) is 111. The molecule has 1 heterocycles. The van der Waals surface area contributed by atoms with Gasteiger partial charge in [-0.3, -0.25) is 0 Å². The van der Waals surface area contributed by atoms with Gasteiger partial charge in [-0.05, 0) is 204 Å². The smallest absolute Gasteiger partial charge is 0.0681 e. The van der Waals surface area contributed by atoms with Gasteiger partial charge in [-0.25, -0.2) is 0 Å². The van der Waals surface area contributed by atoms with Crippen molar-refractivity contribution in [3.05, 3.63) is 331 Å². The van der Waals surface area contributed by atoms with E-state index in [1.165, 1.54) is 77.5 Å². The molecule has 0 atom stereocenters. The fourth-order valence-corrected chi connectivity index (χ4v) is 14.4. The number of aliphatic hydroxyl groups is 1. The van der Waals surface area contributed by atoms with Gasteiger partial charge >= 0.3 is 0 Å². The fourth-order valence-electron chi connectivity index (χ4n) is 14.4. The van der Waals surface area contributed by atoms with Crippen LogP contribution in [0.4, 0.5) is 34.1 Å². The largest absolute Gasteiger partial charge is 0.392 e. The molecule has 14 aromatic rings. The summed E-state index contributed by atoms with van der Waals surface area (Å²) < 4.78 is 2.36. The maximum atomic E-state index is 10.1. The molecule has 0 spiro atoms. The second kappa shape index (κ2) is 21.3. The van der Waals surface area contributed by atoms with Crippen molar-refractivity contribution in [1.29, 1.82) is 0 Å². The quantitative estimate of drug-likeness (QED) is 0.132. The van der Waals surface area contributed by atoms with Crippen LogP contribution in [0.2, 0.25) is 0 Å². The molecule has 0 aliphatic heterocycles. The average molecular weight is 1140 g/mol. The van der Waals surface area contributed by atoms with Crippen molar-refractivity contribution < 1.29 is 5.11 Å². The number of rotatable bonds is 12. The normalized spacial score (nSPS) is 13.2. The van der Waals surface area contributed by atoms with Gasteiger partial charge in [0.25, 0.3) is 0 Å². The molecule has 1 aromatic heterocycles. The molecule has 2 aliphatic carbocycles. The van der Waals surface area contributed by atoms with Crippen LogP contribution in [-0.2, 0) is 17.4 Å². The number of hydrogen-bond acceptors (Lipinski definition) is 3. The number of hydrogen-bond donors (Lipinski definition) is 1. The monoisotopic (exact) mass is 1140 g/mol. The summed E-state index contributed by atoms with van der Waals surface area (Å²) in [6.45, 7) is 9.41. The van der Waals surface area contributed by atoms with E-state index in [4.69, 9.17) is 0 Å².